The van der Waals surface area contributed by atoms with Crippen molar-refractivity contribution in [2.24, 2.45) is 5.92 Å². The van der Waals surface area contributed by atoms with Crippen LogP contribution in [0.3, 0.4) is 0 Å². The van der Waals surface area contributed by atoms with Crippen LogP contribution in [0.1, 0.15) is 57.8 Å². The number of amides is 1. The lowest BCUT2D eigenvalue weighted by Gasteiger charge is -2.45. The second-order valence-electron chi connectivity index (χ2n) is 8.51. The Bertz CT molecular complexity index is 587. The molecule has 1 saturated carbocycles. The molecule has 1 aromatic carbocycles. The number of carbonyl (C=O) groups is 1. The summed E-state index contributed by atoms with van der Waals surface area (Å²) < 4.78 is 0. The smallest absolute Gasteiger partial charge is 0.241 e. The summed E-state index contributed by atoms with van der Waals surface area (Å²) in [6.45, 7) is 3.95. The quantitative estimate of drug-likeness (QED) is 0.896. The molecule has 0 radical (unpaired) electrons. The van der Waals surface area contributed by atoms with Crippen molar-refractivity contribution in [3.05, 3.63) is 30.3 Å². The van der Waals surface area contributed by atoms with Crippen molar-refractivity contribution in [2.45, 2.75) is 63.5 Å². The van der Waals surface area contributed by atoms with E-state index in [1.807, 2.05) is 6.07 Å². The molecule has 142 valence electrons. The Labute approximate surface area is 157 Å². The summed E-state index contributed by atoms with van der Waals surface area (Å²) in [7, 11) is 0. The minimum atomic E-state index is -0.171. The standard InChI is InChI=1S/C22H33N3O/c26-21-18-25(20-11-7-4-8-12-20)22(23-21)13-15-24(16-14-22)17-19-9-5-2-1-3-6-10-19/h4,7-8,11-12,19H,1-3,5-6,9-10,13-18H2,(H,23,26). The highest BCUT2D eigenvalue weighted by atomic mass is 16.2. The molecule has 1 N–H and O–H groups in total. The Hall–Kier alpha value is -1.55. The molecule has 2 heterocycles. The predicted molar refractivity (Wildman–Crippen MR) is 106 cm³/mol. The molecular weight excluding hydrogens is 322 g/mol. The number of carbonyl (C=O) groups excluding carboxylic acids is 1. The van der Waals surface area contributed by atoms with E-state index in [0.29, 0.717) is 6.54 Å². The van der Waals surface area contributed by atoms with Gasteiger partial charge < -0.3 is 15.1 Å². The van der Waals surface area contributed by atoms with Gasteiger partial charge >= 0.3 is 0 Å². The SMILES string of the molecule is O=C1CN(c2ccccc2)C2(CCN(CC3CCCCCCC3)CC2)N1. The maximum absolute atomic E-state index is 12.2. The fraction of sp³-hybridized carbons (Fsp3) is 0.682. The Morgan fingerprint density at radius 2 is 1.62 bits per heavy atom. The van der Waals surface area contributed by atoms with Gasteiger partial charge in [0.2, 0.25) is 5.91 Å². The van der Waals surface area contributed by atoms with Crippen molar-refractivity contribution in [1.82, 2.24) is 10.2 Å². The van der Waals surface area contributed by atoms with Gasteiger partial charge in [0.25, 0.3) is 0 Å². The number of hydrogen-bond acceptors (Lipinski definition) is 3. The molecule has 1 spiro atoms. The van der Waals surface area contributed by atoms with Gasteiger partial charge in [-0.3, -0.25) is 4.79 Å². The van der Waals surface area contributed by atoms with E-state index in [1.165, 1.54) is 57.2 Å². The fourth-order valence-electron chi connectivity index (χ4n) is 5.20. The first-order valence-electron chi connectivity index (χ1n) is 10.6. The number of benzene rings is 1. The van der Waals surface area contributed by atoms with Crippen LogP contribution in [0.2, 0.25) is 0 Å². The van der Waals surface area contributed by atoms with Gasteiger partial charge in [0.15, 0.2) is 0 Å². The Balaban J connectivity index is 1.37. The summed E-state index contributed by atoms with van der Waals surface area (Å²) in [5.74, 6) is 1.05. The van der Waals surface area contributed by atoms with E-state index in [4.69, 9.17) is 0 Å². The normalized spacial score (nSPS) is 25.1. The van der Waals surface area contributed by atoms with Gasteiger partial charge in [0.05, 0.1) is 6.54 Å². The number of para-hydroxylation sites is 1. The summed E-state index contributed by atoms with van der Waals surface area (Å²) in [5.41, 5.74) is 0.995. The first kappa shape index (κ1) is 17.8. The number of nitrogens with one attached hydrogen (secondary N) is 1. The molecule has 4 rings (SSSR count). The summed E-state index contributed by atoms with van der Waals surface area (Å²) in [4.78, 5) is 17.2. The van der Waals surface area contributed by atoms with Gasteiger partial charge in [-0.25, -0.2) is 0 Å². The maximum atomic E-state index is 12.2. The van der Waals surface area contributed by atoms with E-state index in [2.05, 4.69) is 39.4 Å². The van der Waals surface area contributed by atoms with Crippen molar-refractivity contribution < 1.29 is 4.79 Å². The number of nitrogens with zero attached hydrogens (tertiary/aromatic N) is 2. The molecule has 1 amide bonds. The molecule has 0 aromatic heterocycles. The molecule has 26 heavy (non-hydrogen) atoms. The lowest BCUT2D eigenvalue weighted by atomic mass is 9.89. The molecule has 2 aliphatic heterocycles. The molecule has 0 atom stereocenters. The second-order valence-corrected chi connectivity index (χ2v) is 8.51. The van der Waals surface area contributed by atoms with Gasteiger partial charge in [0, 0.05) is 38.2 Å². The average molecular weight is 356 g/mol. The Kier molecular flexibility index (Phi) is 5.49. The lowest BCUT2D eigenvalue weighted by Crippen LogP contribution is -2.59. The van der Waals surface area contributed by atoms with Crippen molar-refractivity contribution in [3.63, 3.8) is 0 Å². The van der Waals surface area contributed by atoms with Gasteiger partial charge in [-0.2, -0.15) is 0 Å². The zero-order valence-electron chi connectivity index (χ0n) is 16.0. The van der Waals surface area contributed by atoms with E-state index in [-0.39, 0.29) is 11.6 Å². The first-order valence-corrected chi connectivity index (χ1v) is 10.6. The maximum Gasteiger partial charge on any atom is 0.241 e. The van der Waals surface area contributed by atoms with E-state index in [0.717, 1.165) is 31.8 Å². The minimum Gasteiger partial charge on any atom is -0.339 e. The second kappa shape index (κ2) is 7.99. The van der Waals surface area contributed by atoms with E-state index >= 15 is 0 Å². The highest BCUT2D eigenvalue weighted by Gasteiger charge is 2.46. The predicted octanol–water partition coefficient (Wildman–Crippen LogP) is 3.78. The summed E-state index contributed by atoms with van der Waals surface area (Å²) >= 11 is 0. The van der Waals surface area contributed by atoms with Crippen molar-refractivity contribution >= 4 is 11.6 Å². The third kappa shape index (κ3) is 3.90. The first-order chi connectivity index (χ1) is 12.8. The Morgan fingerprint density at radius 3 is 2.31 bits per heavy atom. The van der Waals surface area contributed by atoms with Crippen molar-refractivity contribution in [1.29, 1.82) is 0 Å². The van der Waals surface area contributed by atoms with Crippen LogP contribution in [0.5, 0.6) is 0 Å². The van der Waals surface area contributed by atoms with Crippen LogP contribution in [0.15, 0.2) is 30.3 Å². The largest absolute Gasteiger partial charge is 0.339 e. The van der Waals surface area contributed by atoms with Crippen LogP contribution in [-0.4, -0.2) is 42.6 Å². The molecule has 4 nitrogen and oxygen atoms in total. The van der Waals surface area contributed by atoms with Crippen LogP contribution in [0.25, 0.3) is 0 Å². The summed E-state index contributed by atoms with van der Waals surface area (Å²) in [6.07, 6.45) is 12.0. The molecule has 1 aliphatic carbocycles. The third-order valence-electron chi connectivity index (χ3n) is 6.68. The molecular formula is C22H33N3O. The number of rotatable bonds is 3. The molecule has 1 aromatic rings. The average Bonchev–Trinajstić information content (AvgIpc) is 2.96. The topological polar surface area (TPSA) is 35.6 Å². The summed E-state index contributed by atoms with van der Waals surface area (Å²) in [5, 5.41) is 3.32. The zero-order valence-corrected chi connectivity index (χ0v) is 16.0. The van der Waals surface area contributed by atoms with E-state index in [9.17, 15) is 4.79 Å². The van der Waals surface area contributed by atoms with Crippen LogP contribution in [0.4, 0.5) is 5.69 Å². The van der Waals surface area contributed by atoms with Crippen LogP contribution < -0.4 is 10.2 Å². The van der Waals surface area contributed by atoms with Crippen LogP contribution in [0, 0.1) is 5.92 Å². The molecule has 3 aliphatic rings. The van der Waals surface area contributed by atoms with E-state index < -0.39 is 0 Å². The molecule has 0 unspecified atom stereocenters. The van der Waals surface area contributed by atoms with Crippen LogP contribution in [-0.2, 0) is 4.79 Å². The highest BCUT2D eigenvalue weighted by Crippen LogP contribution is 2.35. The number of anilines is 1. The fourth-order valence-corrected chi connectivity index (χ4v) is 5.20. The van der Waals surface area contributed by atoms with Gasteiger partial charge in [0.1, 0.15) is 5.66 Å². The zero-order chi connectivity index (χ0) is 17.8. The Morgan fingerprint density at radius 1 is 0.962 bits per heavy atom. The minimum absolute atomic E-state index is 0.169. The number of likely N-dealkylation sites (tertiary alicyclic amines) is 1. The summed E-state index contributed by atoms with van der Waals surface area (Å²) in [6, 6.07) is 10.4. The number of hydrogen-bond donors (Lipinski definition) is 1. The molecule has 0 bridgehead atoms. The van der Waals surface area contributed by atoms with Crippen molar-refractivity contribution in [2.75, 3.05) is 31.1 Å². The van der Waals surface area contributed by atoms with Gasteiger partial charge in [-0.15, -0.1) is 0 Å². The lowest BCUT2D eigenvalue weighted by molar-refractivity contribution is -0.119. The monoisotopic (exact) mass is 355 g/mol. The van der Waals surface area contributed by atoms with Crippen LogP contribution >= 0.6 is 0 Å². The van der Waals surface area contributed by atoms with E-state index in [1.54, 1.807) is 0 Å². The number of piperidine rings is 1. The highest BCUT2D eigenvalue weighted by molar-refractivity contribution is 5.86. The van der Waals surface area contributed by atoms with Crippen molar-refractivity contribution in [3.8, 4) is 0 Å². The van der Waals surface area contributed by atoms with Gasteiger partial charge in [-0.1, -0.05) is 50.3 Å². The molecule has 2 saturated heterocycles. The third-order valence-corrected chi connectivity index (χ3v) is 6.68. The molecule has 3 fully saturated rings. The molecule has 4 heteroatoms. The van der Waals surface area contributed by atoms with Gasteiger partial charge in [-0.05, 0) is 30.9 Å².